The van der Waals surface area contributed by atoms with E-state index in [1.54, 1.807) is 21.2 Å². The summed E-state index contributed by atoms with van der Waals surface area (Å²) in [5, 5.41) is 36.3. The SMILES string of the molecule is CNC1[C@H](OCC2O[C@H](O)C(NC)[C@@H](OC)[C@@H]2O)OC(CO)[C@@H](OC)[C@@H]1OC. The van der Waals surface area contributed by atoms with Gasteiger partial charge in [0.1, 0.15) is 36.6 Å². The second-order valence-corrected chi connectivity index (χ2v) is 6.84. The van der Waals surface area contributed by atoms with Crippen molar-refractivity contribution in [3.8, 4) is 0 Å². The molecule has 11 heteroatoms. The Kier molecular flexibility index (Phi) is 9.44. The van der Waals surface area contributed by atoms with Gasteiger partial charge in [-0.2, -0.15) is 0 Å². The number of ether oxygens (including phenoxy) is 6. The molecule has 2 aliphatic rings. The van der Waals surface area contributed by atoms with Crippen LogP contribution in [0.15, 0.2) is 0 Å². The lowest BCUT2D eigenvalue weighted by atomic mass is 9.96. The van der Waals surface area contributed by atoms with Crippen LogP contribution in [0.3, 0.4) is 0 Å². The molecule has 166 valence electrons. The molecule has 4 unspecified atom stereocenters. The second-order valence-electron chi connectivity index (χ2n) is 6.84. The molecule has 5 N–H and O–H groups in total. The van der Waals surface area contributed by atoms with Crippen molar-refractivity contribution < 1.29 is 43.7 Å². The third-order valence-corrected chi connectivity index (χ3v) is 5.43. The quantitative estimate of drug-likeness (QED) is 0.266. The number of hydrogen-bond acceptors (Lipinski definition) is 11. The smallest absolute Gasteiger partial charge is 0.176 e. The van der Waals surface area contributed by atoms with Crippen molar-refractivity contribution in [3.63, 3.8) is 0 Å². The highest BCUT2D eigenvalue weighted by molar-refractivity contribution is 4.96. The lowest BCUT2D eigenvalue weighted by molar-refractivity contribution is -0.303. The summed E-state index contributed by atoms with van der Waals surface area (Å²) >= 11 is 0. The molecule has 0 aliphatic carbocycles. The van der Waals surface area contributed by atoms with E-state index in [0.717, 1.165) is 0 Å². The zero-order chi connectivity index (χ0) is 20.8. The number of hydrogen-bond donors (Lipinski definition) is 5. The highest BCUT2D eigenvalue weighted by Gasteiger charge is 2.48. The van der Waals surface area contributed by atoms with Crippen molar-refractivity contribution in [2.45, 2.75) is 61.3 Å². The average Bonchev–Trinajstić information content (AvgIpc) is 2.71. The van der Waals surface area contributed by atoms with E-state index in [9.17, 15) is 15.3 Å². The molecule has 2 heterocycles. The molecule has 2 rings (SSSR count). The van der Waals surface area contributed by atoms with Gasteiger partial charge in [-0.05, 0) is 14.1 Å². The third kappa shape index (κ3) is 4.82. The summed E-state index contributed by atoms with van der Waals surface area (Å²) in [6.07, 6.45) is -6.07. The summed E-state index contributed by atoms with van der Waals surface area (Å²) in [5.41, 5.74) is 0. The van der Waals surface area contributed by atoms with Crippen LogP contribution < -0.4 is 10.6 Å². The van der Waals surface area contributed by atoms with E-state index in [2.05, 4.69) is 10.6 Å². The number of rotatable bonds is 9. The van der Waals surface area contributed by atoms with Gasteiger partial charge in [0.25, 0.3) is 0 Å². The number of aliphatic hydroxyl groups excluding tert-OH is 3. The summed E-state index contributed by atoms with van der Waals surface area (Å²) < 4.78 is 33.5. The Labute approximate surface area is 165 Å². The Bertz CT molecular complexity index is 460. The predicted octanol–water partition coefficient (Wildman–Crippen LogP) is -2.98. The van der Waals surface area contributed by atoms with E-state index in [4.69, 9.17) is 28.4 Å². The fourth-order valence-corrected chi connectivity index (χ4v) is 3.91. The first kappa shape index (κ1) is 23.8. The molecule has 10 atom stereocenters. The number of nitrogens with one attached hydrogen (secondary N) is 2. The van der Waals surface area contributed by atoms with E-state index in [1.807, 2.05) is 0 Å². The number of likely N-dealkylation sites (N-methyl/N-ethyl adjacent to an activating group) is 2. The first-order valence-electron chi connectivity index (χ1n) is 9.29. The maximum absolute atomic E-state index is 10.6. The fraction of sp³-hybridized carbons (Fsp3) is 1.00. The minimum Gasteiger partial charge on any atom is -0.394 e. The van der Waals surface area contributed by atoms with E-state index in [0.29, 0.717) is 0 Å². The minimum atomic E-state index is -1.17. The predicted molar refractivity (Wildman–Crippen MR) is 96.7 cm³/mol. The summed E-state index contributed by atoms with van der Waals surface area (Å²) in [7, 11) is 7.90. The fourth-order valence-electron chi connectivity index (χ4n) is 3.91. The molecule has 0 saturated carbocycles. The zero-order valence-corrected chi connectivity index (χ0v) is 17.0. The van der Waals surface area contributed by atoms with Gasteiger partial charge < -0.3 is 54.4 Å². The first-order chi connectivity index (χ1) is 13.5. The van der Waals surface area contributed by atoms with E-state index in [-0.39, 0.29) is 13.2 Å². The lowest BCUT2D eigenvalue weighted by Crippen LogP contribution is -2.66. The Morgan fingerprint density at radius 3 is 1.93 bits per heavy atom. The molecule has 0 amide bonds. The molecule has 0 radical (unpaired) electrons. The molecule has 0 aromatic heterocycles. The highest BCUT2D eigenvalue weighted by atomic mass is 16.7. The summed E-state index contributed by atoms with van der Waals surface area (Å²) in [6.45, 7) is -0.338. The Morgan fingerprint density at radius 1 is 0.821 bits per heavy atom. The maximum atomic E-state index is 10.6. The van der Waals surface area contributed by atoms with Gasteiger partial charge in [0.2, 0.25) is 0 Å². The van der Waals surface area contributed by atoms with Crippen molar-refractivity contribution >= 4 is 0 Å². The molecule has 28 heavy (non-hydrogen) atoms. The summed E-state index contributed by atoms with van der Waals surface area (Å²) in [4.78, 5) is 0. The topological polar surface area (TPSA) is 140 Å². The molecule has 0 aromatic rings. The molecule has 2 fully saturated rings. The lowest BCUT2D eigenvalue weighted by Gasteiger charge is -2.46. The van der Waals surface area contributed by atoms with Crippen LogP contribution in [0.4, 0.5) is 0 Å². The van der Waals surface area contributed by atoms with Crippen LogP contribution in [0.2, 0.25) is 0 Å². The zero-order valence-electron chi connectivity index (χ0n) is 17.0. The Balaban J connectivity index is 2.07. The van der Waals surface area contributed by atoms with E-state index >= 15 is 0 Å². The van der Waals surface area contributed by atoms with Crippen LogP contribution >= 0.6 is 0 Å². The second kappa shape index (κ2) is 11.1. The molecule has 2 aliphatic heterocycles. The Hall–Kier alpha value is -0.440. The van der Waals surface area contributed by atoms with Gasteiger partial charge in [-0.1, -0.05) is 0 Å². The van der Waals surface area contributed by atoms with Crippen molar-refractivity contribution in [2.75, 3.05) is 48.6 Å². The van der Waals surface area contributed by atoms with E-state index in [1.165, 1.54) is 14.2 Å². The normalized spacial score (nSPS) is 44.6. The standard InChI is InChI=1S/C17H34N2O9/c1-18-10-14(24-4)12(21)9(27-16(10)22)7-26-17-11(19-2)15(25-5)13(23-3)8(6-20)28-17/h8-22H,6-7H2,1-5H3/t8?,9?,10?,11?,12-,13-,14-,15-,16+,17-/m1/s1. The van der Waals surface area contributed by atoms with Gasteiger partial charge in [0.05, 0.1) is 25.3 Å². The van der Waals surface area contributed by atoms with Gasteiger partial charge >= 0.3 is 0 Å². The van der Waals surface area contributed by atoms with Gasteiger partial charge in [-0.15, -0.1) is 0 Å². The summed E-state index contributed by atoms with van der Waals surface area (Å²) in [5.74, 6) is 0. The van der Waals surface area contributed by atoms with Crippen LogP contribution in [-0.2, 0) is 28.4 Å². The Morgan fingerprint density at radius 2 is 1.43 bits per heavy atom. The van der Waals surface area contributed by atoms with Gasteiger partial charge in [-0.3, -0.25) is 0 Å². The van der Waals surface area contributed by atoms with Crippen molar-refractivity contribution in [1.82, 2.24) is 10.6 Å². The largest absolute Gasteiger partial charge is 0.394 e. The van der Waals surface area contributed by atoms with Crippen molar-refractivity contribution in [1.29, 1.82) is 0 Å². The molecular formula is C17H34N2O9. The number of aliphatic hydroxyl groups is 3. The molecule has 0 spiro atoms. The van der Waals surface area contributed by atoms with Gasteiger partial charge in [0.15, 0.2) is 12.6 Å². The van der Waals surface area contributed by atoms with Crippen molar-refractivity contribution in [2.24, 2.45) is 0 Å². The number of methoxy groups -OCH3 is 3. The molecular weight excluding hydrogens is 376 g/mol. The summed E-state index contributed by atoms with van der Waals surface area (Å²) in [6, 6.07) is -0.974. The molecule has 2 saturated heterocycles. The van der Waals surface area contributed by atoms with Crippen LogP contribution in [0.1, 0.15) is 0 Å². The molecule has 0 bridgehead atoms. The maximum Gasteiger partial charge on any atom is 0.176 e. The molecule has 11 nitrogen and oxygen atoms in total. The van der Waals surface area contributed by atoms with Crippen molar-refractivity contribution in [3.05, 3.63) is 0 Å². The monoisotopic (exact) mass is 410 g/mol. The van der Waals surface area contributed by atoms with Crippen LogP contribution in [0.5, 0.6) is 0 Å². The third-order valence-electron chi connectivity index (χ3n) is 5.43. The van der Waals surface area contributed by atoms with Gasteiger partial charge in [0, 0.05) is 21.3 Å². The molecule has 0 aromatic carbocycles. The minimum absolute atomic E-state index is 0.0659. The van der Waals surface area contributed by atoms with Gasteiger partial charge in [-0.25, -0.2) is 0 Å². The average molecular weight is 410 g/mol. The first-order valence-corrected chi connectivity index (χ1v) is 9.29. The van der Waals surface area contributed by atoms with Crippen LogP contribution in [0.25, 0.3) is 0 Å². The highest BCUT2D eigenvalue weighted by Crippen LogP contribution is 2.27. The van der Waals surface area contributed by atoms with Crippen LogP contribution in [-0.4, -0.2) is 125 Å². The van der Waals surface area contributed by atoms with Crippen LogP contribution in [0, 0.1) is 0 Å². The van der Waals surface area contributed by atoms with E-state index < -0.39 is 61.3 Å².